The Kier molecular flexibility index (Phi) is 33.6. The number of carbonyl (C=O) groups excluding carboxylic acids is 2. The van der Waals surface area contributed by atoms with E-state index in [0.29, 0.717) is 28.4 Å². The minimum atomic E-state index is -0.955. The SMILES string of the molecule is C=C(C)c1ccccc1F.Fc1ccccc1C1=NC(c2ccccc2)C(c2ccccc2)N1.NC(=O)c1ccccc1F.NC(c1ccccc1)C(N)c1ccccc1.O=C(c1ccc2ccccc2c1)N1C(c2ccccc2P(c2ccccc2)c2ccccc2)=NC(c2ccccc2)C1c1ccccc1.c1ccc(C2N=C(c3ccccc3P(c3ccccc3)c3ccccc3)NC2c2ccccc2)cc1. The van der Waals surface area contributed by atoms with Crippen molar-refractivity contribution in [2.24, 2.45) is 32.2 Å². The largest absolute Gasteiger partial charge is 0.366 e. The highest BCUT2D eigenvalue weighted by atomic mass is 31.1. The van der Waals surface area contributed by atoms with Gasteiger partial charge < -0.3 is 27.8 Å². The molecule has 0 saturated heterocycles. The number of nitrogens with zero attached hydrogens (tertiary/aromatic N) is 4. The van der Waals surface area contributed by atoms with Crippen molar-refractivity contribution in [2.75, 3.05) is 0 Å². The van der Waals surface area contributed by atoms with Crippen LogP contribution >= 0.6 is 15.8 Å². The number of nitrogens with two attached hydrogens (primary N) is 3. The lowest BCUT2D eigenvalue weighted by atomic mass is 9.93. The minimum Gasteiger partial charge on any atom is -0.366 e. The van der Waals surface area contributed by atoms with Gasteiger partial charge in [0.25, 0.3) is 11.8 Å². The zero-order valence-corrected chi connectivity index (χ0v) is 81.2. The van der Waals surface area contributed by atoms with Gasteiger partial charge in [-0.05, 0) is 158 Å². The molecule has 19 aromatic carbocycles. The summed E-state index contributed by atoms with van der Waals surface area (Å²) in [6, 6.07) is 175. The average molecular weight is 1920 g/mol. The van der Waals surface area contributed by atoms with Gasteiger partial charge in [0.05, 0.1) is 29.3 Å². The standard InChI is InChI=1S/C44H33N2OP.C33H27N2P.C21H17FN2.C14H16N2.C9H9F.C7H6FNO/c47-44(36-30-29-32-17-13-14-22-35(32)31-36)46-42(34-20-7-2-8-21-34)41(33-18-5-1-6-19-33)45-43(46)39-27-15-16-28-40(39)48(37-23-9-3-10-24-37)38-25-11-4-12-26-38;1-5-15-25(16-6-1)31-32(26-17-7-2-8-18-26)35-33(34-31)29-23-13-14-24-30(29)36(27-19-9-3-10-20-27)28-21-11-4-12-22-28;22-18-14-8-7-13-17(18)21-23-19(15-9-3-1-4-10-15)20(24-21)16-11-5-2-6-12-16;15-13(11-7-3-1-4-8-11)14(16)12-9-5-2-6-10-12;1-7(2)8-5-3-4-6-9(8)10;8-6-4-2-1-3-5(6)7(9)10/h1-31,41-42H;1-24,31-32H,(H,34,35);1-14,19-20H,(H,23,24);1-10,13-14H,15-16H2;3-6H,1H2,2H3;1-4H,(H2,9,10). The monoisotopic (exact) mass is 1920 g/mol. The van der Waals surface area contributed by atoms with Crippen molar-refractivity contribution >= 4 is 93.3 Å². The second-order valence-corrected chi connectivity index (χ2v) is 39.0. The number of allylic oxidation sites excluding steroid dienone is 1. The van der Waals surface area contributed by atoms with Crippen LogP contribution in [0.15, 0.2) is 549 Å². The van der Waals surface area contributed by atoms with Gasteiger partial charge in [0.1, 0.15) is 53.1 Å². The van der Waals surface area contributed by atoms with E-state index >= 15 is 4.79 Å². The lowest BCUT2D eigenvalue weighted by Crippen LogP contribution is -2.40. The van der Waals surface area contributed by atoms with Crippen molar-refractivity contribution in [3.8, 4) is 0 Å². The first-order valence-corrected chi connectivity index (χ1v) is 50.6. The lowest BCUT2D eigenvalue weighted by molar-refractivity contribution is 0.0804. The molecule has 3 aliphatic rings. The Labute approximate surface area is 843 Å². The van der Waals surface area contributed by atoms with Crippen molar-refractivity contribution in [1.29, 1.82) is 0 Å². The number of amides is 2. The fourth-order valence-electron chi connectivity index (χ4n) is 18.0. The van der Waals surface area contributed by atoms with E-state index in [1.807, 2.05) is 163 Å². The highest BCUT2D eigenvalue weighted by Gasteiger charge is 2.44. The molecule has 11 nitrogen and oxygen atoms in total. The molecule has 0 saturated carbocycles. The summed E-state index contributed by atoms with van der Waals surface area (Å²) < 4.78 is 39.5. The molecule has 3 heterocycles. The zero-order valence-electron chi connectivity index (χ0n) is 79.4. The molecule has 22 rings (SSSR count). The summed E-state index contributed by atoms with van der Waals surface area (Å²) in [5.41, 5.74) is 30.7. The molecule has 19 aromatic rings. The second kappa shape index (κ2) is 48.9. The van der Waals surface area contributed by atoms with Crippen molar-refractivity contribution in [2.45, 2.75) is 55.3 Å². The predicted molar refractivity (Wildman–Crippen MR) is 591 cm³/mol. The Balaban J connectivity index is 0.000000130. The van der Waals surface area contributed by atoms with Crippen molar-refractivity contribution in [1.82, 2.24) is 15.5 Å². The molecule has 8 unspecified atom stereocenters. The molecule has 0 aromatic heterocycles. The topological polar surface area (TPSA) is 177 Å². The lowest BCUT2D eigenvalue weighted by Gasteiger charge is -2.31. The predicted octanol–water partition coefficient (Wildman–Crippen LogP) is 26.1. The Morgan fingerprint density at radius 3 is 1.00 bits per heavy atom. The Morgan fingerprint density at radius 1 is 0.312 bits per heavy atom. The third-order valence-electron chi connectivity index (χ3n) is 25.1. The van der Waals surface area contributed by atoms with E-state index in [1.54, 1.807) is 43.3 Å². The van der Waals surface area contributed by atoms with Gasteiger partial charge >= 0.3 is 0 Å². The number of nitrogens with one attached hydrogen (secondary N) is 2. The highest BCUT2D eigenvalue weighted by Crippen LogP contribution is 2.47. The maximum Gasteiger partial charge on any atom is 0.260 e. The Bertz CT molecular complexity index is 7350. The molecule has 0 bridgehead atoms. The summed E-state index contributed by atoms with van der Waals surface area (Å²) in [4.78, 5) is 43.2. The van der Waals surface area contributed by atoms with Gasteiger partial charge in [0, 0.05) is 34.3 Å². The van der Waals surface area contributed by atoms with Crippen LogP contribution in [0, 0.1) is 17.5 Å². The quantitative estimate of drug-likeness (QED) is 0.0447. The molecule has 0 aliphatic carbocycles. The maximum absolute atomic E-state index is 15.1. The summed E-state index contributed by atoms with van der Waals surface area (Å²) in [5.74, 6) is 0.437. The Morgan fingerprint density at radius 2 is 0.618 bits per heavy atom. The van der Waals surface area contributed by atoms with E-state index in [4.69, 9.17) is 32.2 Å². The van der Waals surface area contributed by atoms with E-state index in [2.05, 4.69) is 321 Å². The number of hydrogen-bond donors (Lipinski definition) is 5. The van der Waals surface area contributed by atoms with Crippen LogP contribution in [0.1, 0.15) is 143 Å². The van der Waals surface area contributed by atoms with Crippen LogP contribution in [0.4, 0.5) is 13.2 Å². The average Bonchev–Trinajstić information content (AvgIpc) is 1.64. The molecule has 144 heavy (non-hydrogen) atoms. The van der Waals surface area contributed by atoms with Gasteiger partial charge in [0.2, 0.25) is 0 Å². The molecule has 2 amide bonds. The van der Waals surface area contributed by atoms with E-state index < -0.39 is 27.6 Å². The molecular formula is C128H108F3N9O2P2. The molecule has 0 spiro atoms. The van der Waals surface area contributed by atoms with Crippen molar-refractivity contribution in [3.05, 3.63) is 630 Å². The van der Waals surface area contributed by atoms with Gasteiger partial charge in [-0.15, -0.1) is 0 Å². The third kappa shape index (κ3) is 24.3. The number of benzene rings is 19. The van der Waals surface area contributed by atoms with E-state index in [1.165, 1.54) is 78.8 Å². The van der Waals surface area contributed by atoms with Gasteiger partial charge in [-0.2, -0.15) is 0 Å². The fraction of sp³-hybridized carbons (Fsp3) is 0.0703. The normalized spacial score (nSPS) is 15.7. The van der Waals surface area contributed by atoms with Crippen LogP contribution in [0.2, 0.25) is 0 Å². The minimum absolute atomic E-state index is 0.0105. The highest BCUT2D eigenvalue weighted by molar-refractivity contribution is 7.80. The van der Waals surface area contributed by atoms with Gasteiger partial charge in [-0.25, -0.2) is 13.2 Å². The summed E-state index contributed by atoms with van der Waals surface area (Å²) in [6.07, 6.45) is 0. The van der Waals surface area contributed by atoms with Crippen LogP contribution in [-0.2, 0) is 0 Å². The third-order valence-corrected chi connectivity index (χ3v) is 30.1. The first kappa shape index (κ1) is 98.9. The maximum atomic E-state index is 15.1. The van der Waals surface area contributed by atoms with Crippen LogP contribution in [-0.4, -0.2) is 34.2 Å². The second-order valence-electron chi connectivity index (χ2n) is 34.6. The van der Waals surface area contributed by atoms with E-state index in [9.17, 15) is 18.0 Å². The molecule has 8 atom stereocenters. The molecule has 708 valence electrons. The summed E-state index contributed by atoms with van der Waals surface area (Å²) in [7, 11) is -1.70. The van der Waals surface area contributed by atoms with E-state index in [0.717, 1.165) is 61.1 Å². The Hall–Kier alpha value is -16.7. The van der Waals surface area contributed by atoms with Gasteiger partial charge in [0.15, 0.2) is 0 Å². The van der Waals surface area contributed by atoms with E-state index in [-0.39, 0.29) is 71.4 Å². The molecule has 0 fully saturated rings. The summed E-state index contributed by atoms with van der Waals surface area (Å²) >= 11 is 0. The van der Waals surface area contributed by atoms with Crippen molar-refractivity contribution in [3.63, 3.8) is 0 Å². The van der Waals surface area contributed by atoms with Crippen LogP contribution in [0.3, 0.4) is 0 Å². The number of halogens is 3. The number of fused-ring (bicyclic) bond motifs is 1. The van der Waals surface area contributed by atoms with Crippen molar-refractivity contribution < 1.29 is 22.8 Å². The van der Waals surface area contributed by atoms with Gasteiger partial charge in [-0.3, -0.25) is 29.5 Å². The zero-order chi connectivity index (χ0) is 99.3. The number of carbonyl (C=O) groups is 2. The van der Waals surface area contributed by atoms with Crippen LogP contribution < -0.4 is 59.7 Å². The molecule has 16 heteroatoms. The molecular weight excluding hydrogens is 1810 g/mol. The number of rotatable bonds is 21. The number of amidine groups is 3. The number of aliphatic imine (C=N–C) groups is 3. The smallest absolute Gasteiger partial charge is 0.260 e. The first-order valence-electron chi connectivity index (χ1n) is 47.9. The van der Waals surface area contributed by atoms with Crippen LogP contribution in [0.25, 0.3) is 16.3 Å². The molecule has 0 radical (unpaired) electrons. The summed E-state index contributed by atoms with van der Waals surface area (Å²) in [5, 5.41) is 17.0. The molecule has 3 aliphatic heterocycles. The fourth-order valence-corrected chi connectivity index (χ4v) is 22.9. The number of primary amides is 1. The van der Waals surface area contributed by atoms with Crippen LogP contribution in [0.5, 0.6) is 0 Å². The van der Waals surface area contributed by atoms with Gasteiger partial charge in [-0.1, -0.05) is 492 Å². The molecule has 8 N–H and O–H groups in total. The summed E-state index contributed by atoms with van der Waals surface area (Å²) in [6.45, 7) is 5.44. The first-order chi connectivity index (χ1) is 70.7. The number of hydrogen-bond acceptors (Lipinski definition) is 9.